The van der Waals surface area contributed by atoms with Gasteiger partial charge in [-0.1, -0.05) is 339 Å². The van der Waals surface area contributed by atoms with Crippen LogP contribution in [-0.4, -0.2) is 115 Å². The lowest BCUT2D eigenvalue weighted by molar-refractivity contribution is -0.272. The van der Waals surface area contributed by atoms with Gasteiger partial charge in [-0.15, -0.1) is 0 Å². The molecule has 0 bridgehead atoms. The first kappa shape index (κ1) is 102. The zero-order chi connectivity index (χ0) is 83.7. The third-order valence-corrected chi connectivity index (χ3v) is 22.7. The Bertz CT molecular complexity index is 3010. The standard InChI is InChI=1S/C94H153N2O19P/c1-7-13-19-25-28-31-34-40-48-64-79(108-86(100)67-55-37-22-16-10-4)70-84(98)95-82(93(104)106-74-76-58-46-43-47-59-76)75-107-94-90(96-85(99)71-80(109-87(101)68-56-38-23-17-11-5)65-49-41-35-32-29-26-20-14-8-2)92(91(83(73-97)111-94)115-116(105,113-77-60-51-44-52-61-77)114-78-62-53-45-54-63-78)112-89(103)72-81(110-88(102)69-57-39-24-18-12-6)66-50-42-36-33-30-27-21-15-9-3/h43-47,51-54,58-63,79-83,90-92,94,97H,7-42,48-50,55-57,64-75H2,1-6H3,(H,95,98)(H,96,99)/t79-,80-,81-,82+,83-,90-,91-,92-,94?/m1/s1. The van der Waals surface area contributed by atoms with Gasteiger partial charge < -0.3 is 57.9 Å². The molecule has 1 saturated heterocycles. The van der Waals surface area contributed by atoms with Crippen LogP contribution in [0.5, 0.6) is 11.5 Å². The SMILES string of the molecule is CCCCCCCCCCC[C@H](CC(=O)N[C@@H](COC1O[C@H](CO)[C@@H](OP(=O)(Oc2ccccc2)Oc2ccccc2)[C@H](OC(=O)C[C@@H](CCCCCCCCCCC)OC(=O)CCCCCCC)[C@H]1NC(=O)C[C@@H](CCCCCCCCCCC)OC(=O)CCCCCCC)C(=O)OCc1ccccc1)OC(=O)CCCCCCC. The molecule has 22 heteroatoms. The predicted octanol–water partition coefficient (Wildman–Crippen LogP) is 22.7. The maximum absolute atomic E-state index is 15.9. The van der Waals surface area contributed by atoms with Gasteiger partial charge in [-0.25, -0.2) is 9.36 Å². The summed E-state index contributed by atoms with van der Waals surface area (Å²) in [6, 6.07) is 21.8. The van der Waals surface area contributed by atoms with Crippen molar-refractivity contribution in [2.24, 2.45) is 0 Å². The summed E-state index contributed by atoms with van der Waals surface area (Å²) >= 11 is 0. The summed E-state index contributed by atoms with van der Waals surface area (Å²) in [5.41, 5.74) is 0.639. The first-order chi connectivity index (χ1) is 56.5. The van der Waals surface area contributed by atoms with Crippen molar-refractivity contribution in [3.63, 3.8) is 0 Å². The molecule has 1 aliphatic rings. The number of phosphoric acid groups is 1. The van der Waals surface area contributed by atoms with Crippen LogP contribution < -0.4 is 19.7 Å². The second-order valence-electron chi connectivity index (χ2n) is 31.9. The zero-order valence-electron chi connectivity index (χ0n) is 72.3. The van der Waals surface area contributed by atoms with Gasteiger partial charge in [0.15, 0.2) is 18.4 Å². The molecule has 1 fully saturated rings. The Morgan fingerprint density at radius 3 is 1.14 bits per heavy atom. The summed E-state index contributed by atoms with van der Waals surface area (Å²) in [4.78, 5) is 102. The van der Waals surface area contributed by atoms with Gasteiger partial charge in [0.25, 0.3) is 0 Å². The van der Waals surface area contributed by atoms with Crippen LogP contribution in [0.4, 0.5) is 0 Å². The number of phosphoric ester groups is 1. The van der Waals surface area contributed by atoms with Crippen molar-refractivity contribution in [2.75, 3.05) is 13.2 Å². The summed E-state index contributed by atoms with van der Waals surface area (Å²) in [5, 5.41) is 17.6. The summed E-state index contributed by atoms with van der Waals surface area (Å²) in [7, 11) is -5.07. The maximum atomic E-state index is 15.9. The average molecular weight is 1650 g/mol. The Balaban J connectivity index is 1.91. The van der Waals surface area contributed by atoms with E-state index in [1.807, 2.05) is 6.07 Å². The molecule has 0 aromatic heterocycles. The van der Waals surface area contributed by atoms with Gasteiger partial charge in [0.05, 0.1) is 32.5 Å². The van der Waals surface area contributed by atoms with Gasteiger partial charge in [0.2, 0.25) is 11.8 Å². The molecule has 21 nitrogen and oxygen atoms in total. The lowest BCUT2D eigenvalue weighted by Crippen LogP contribution is -2.67. The van der Waals surface area contributed by atoms with Gasteiger partial charge in [-0.3, -0.25) is 33.3 Å². The first-order valence-electron chi connectivity index (χ1n) is 45.8. The lowest BCUT2D eigenvalue weighted by Gasteiger charge is -2.45. The Morgan fingerprint density at radius 1 is 0.414 bits per heavy atom. The van der Waals surface area contributed by atoms with E-state index in [1.165, 1.54) is 75.6 Å². The van der Waals surface area contributed by atoms with E-state index in [9.17, 15) is 29.1 Å². The van der Waals surface area contributed by atoms with E-state index >= 15 is 14.2 Å². The first-order valence-corrected chi connectivity index (χ1v) is 47.2. The van der Waals surface area contributed by atoms with E-state index in [1.54, 1.807) is 60.7 Å². The molecular weight excluding hydrogens is 1490 g/mol. The molecule has 2 amide bonds. The van der Waals surface area contributed by atoms with Gasteiger partial charge in [-0.05, 0) is 87.6 Å². The van der Waals surface area contributed by atoms with Crippen molar-refractivity contribution in [2.45, 2.75) is 431 Å². The van der Waals surface area contributed by atoms with Crippen molar-refractivity contribution in [1.82, 2.24) is 10.6 Å². The van der Waals surface area contributed by atoms with Crippen LogP contribution in [-0.2, 0) is 82.4 Å². The van der Waals surface area contributed by atoms with Crippen LogP contribution in [0.3, 0.4) is 0 Å². The number of aliphatic hydroxyl groups excluding tert-OH is 1. The fourth-order valence-electron chi connectivity index (χ4n) is 14.5. The molecule has 0 spiro atoms. The number of ether oxygens (including phenoxy) is 7. The highest BCUT2D eigenvalue weighted by atomic mass is 31.2. The minimum absolute atomic E-state index is 0.0432. The molecule has 9 atom stereocenters. The maximum Gasteiger partial charge on any atom is 0.588 e. The molecule has 4 rings (SSSR count). The number of amides is 2. The highest BCUT2D eigenvalue weighted by Crippen LogP contribution is 2.52. The Kier molecular flexibility index (Phi) is 58.4. The van der Waals surface area contributed by atoms with Gasteiger partial charge in [0.1, 0.15) is 54.7 Å². The number of hydrogen-bond donors (Lipinski definition) is 3. The number of carbonyl (C=O) groups is 7. The monoisotopic (exact) mass is 1650 g/mol. The fourth-order valence-corrected chi connectivity index (χ4v) is 16.0. The van der Waals surface area contributed by atoms with E-state index in [0.29, 0.717) is 63.4 Å². The molecule has 658 valence electrons. The number of rotatable bonds is 73. The number of aliphatic hydroxyl groups is 1. The summed E-state index contributed by atoms with van der Waals surface area (Å²) in [6.07, 6.45) is 31.7. The minimum Gasteiger partial charge on any atom is -0.462 e. The number of para-hydroxylation sites is 2. The zero-order valence-corrected chi connectivity index (χ0v) is 73.2. The summed E-state index contributed by atoms with van der Waals surface area (Å²) in [5.74, 6) is -4.53. The van der Waals surface area contributed by atoms with Crippen molar-refractivity contribution in [1.29, 1.82) is 0 Å². The molecule has 0 radical (unpaired) electrons. The molecule has 3 N–H and O–H groups in total. The Hall–Kier alpha value is -6.38. The molecule has 0 saturated carbocycles. The van der Waals surface area contributed by atoms with Crippen molar-refractivity contribution in [3.8, 4) is 11.5 Å². The third-order valence-electron chi connectivity index (χ3n) is 21.3. The summed E-state index contributed by atoms with van der Waals surface area (Å²) in [6.45, 7) is 11.1. The number of carbonyl (C=O) groups excluding carboxylic acids is 7. The molecule has 3 aromatic rings. The van der Waals surface area contributed by atoms with Crippen LogP contribution in [0.25, 0.3) is 0 Å². The Morgan fingerprint density at radius 2 is 0.759 bits per heavy atom. The second kappa shape index (κ2) is 66.4. The molecule has 1 unspecified atom stereocenters. The summed E-state index contributed by atoms with van der Waals surface area (Å²) < 4.78 is 79.4. The predicted molar refractivity (Wildman–Crippen MR) is 457 cm³/mol. The minimum atomic E-state index is -5.07. The van der Waals surface area contributed by atoms with Crippen molar-refractivity contribution < 1.29 is 90.0 Å². The Labute approximate surface area is 698 Å². The number of esters is 5. The molecule has 1 heterocycles. The van der Waals surface area contributed by atoms with E-state index in [2.05, 4.69) is 52.2 Å². The number of unbranched alkanes of at least 4 members (excludes halogenated alkanes) is 36. The van der Waals surface area contributed by atoms with Crippen LogP contribution in [0.15, 0.2) is 91.0 Å². The number of hydrogen-bond acceptors (Lipinski definition) is 19. The molecular formula is C94H153N2O19P. The smallest absolute Gasteiger partial charge is 0.462 e. The van der Waals surface area contributed by atoms with Crippen LogP contribution in [0, 0.1) is 0 Å². The fraction of sp³-hybridized carbons (Fsp3) is 0.734. The third kappa shape index (κ3) is 48.6. The van der Waals surface area contributed by atoms with E-state index < -0.39 is 131 Å². The van der Waals surface area contributed by atoms with Crippen molar-refractivity contribution in [3.05, 3.63) is 96.6 Å². The largest absolute Gasteiger partial charge is 0.588 e. The number of nitrogens with one attached hydrogen (secondary N) is 2. The van der Waals surface area contributed by atoms with E-state index in [-0.39, 0.29) is 43.8 Å². The average Bonchev–Trinajstić information content (AvgIpc) is 0.771. The van der Waals surface area contributed by atoms with Gasteiger partial charge >= 0.3 is 37.7 Å². The van der Waals surface area contributed by atoms with E-state index in [0.717, 1.165) is 180 Å². The molecule has 1 aliphatic heterocycles. The topological polar surface area (TPSA) is 273 Å². The van der Waals surface area contributed by atoms with Gasteiger partial charge in [0, 0.05) is 19.3 Å². The highest BCUT2D eigenvalue weighted by molar-refractivity contribution is 7.49. The normalized spacial score (nSPS) is 16.5. The second-order valence-corrected chi connectivity index (χ2v) is 33.4. The molecule has 0 aliphatic carbocycles. The van der Waals surface area contributed by atoms with E-state index in [4.69, 9.17) is 46.7 Å². The van der Waals surface area contributed by atoms with Crippen molar-refractivity contribution >= 4 is 49.5 Å². The number of benzene rings is 3. The van der Waals surface area contributed by atoms with Gasteiger partial charge in [-0.2, -0.15) is 0 Å². The van der Waals surface area contributed by atoms with Crippen LogP contribution >= 0.6 is 7.82 Å². The molecule has 116 heavy (non-hydrogen) atoms. The highest BCUT2D eigenvalue weighted by Gasteiger charge is 2.54. The van der Waals surface area contributed by atoms with Crippen LogP contribution in [0.1, 0.15) is 375 Å². The lowest BCUT2D eigenvalue weighted by atomic mass is 9.95. The molecule has 3 aromatic carbocycles. The van der Waals surface area contributed by atoms with Crippen LogP contribution in [0.2, 0.25) is 0 Å². The quantitative estimate of drug-likeness (QED) is 0.0205.